The van der Waals surface area contributed by atoms with Crippen molar-refractivity contribution in [2.75, 3.05) is 0 Å². The fraction of sp³-hybridized carbons (Fsp3) is 0.0400. The SMILES string of the molecule is Cc1ccccc1-c1cc2ccccc2c(-c2nccc3ccccc23)n1. The van der Waals surface area contributed by atoms with Crippen LogP contribution in [-0.2, 0) is 0 Å². The molecule has 2 heterocycles. The van der Waals surface area contributed by atoms with E-state index in [1.54, 1.807) is 0 Å². The van der Waals surface area contributed by atoms with Crippen LogP contribution in [0.3, 0.4) is 0 Å². The Balaban J connectivity index is 1.87. The van der Waals surface area contributed by atoms with Crippen LogP contribution < -0.4 is 0 Å². The topological polar surface area (TPSA) is 25.8 Å². The van der Waals surface area contributed by atoms with Crippen molar-refractivity contribution >= 4 is 21.5 Å². The molecule has 0 unspecified atom stereocenters. The minimum Gasteiger partial charge on any atom is -0.254 e. The molecule has 0 atom stereocenters. The van der Waals surface area contributed by atoms with Gasteiger partial charge in [0.25, 0.3) is 0 Å². The molecule has 0 radical (unpaired) electrons. The van der Waals surface area contributed by atoms with E-state index in [9.17, 15) is 0 Å². The van der Waals surface area contributed by atoms with Gasteiger partial charge in [-0.3, -0.25) is 4.98 Å². The highest BCUT2D eigenvalue weighted by atomic mass is 14.8. The molecule has 0 amide bonds. The van der Waals surface area contributed by atoms with Crippen LogP contribution in [0.4, 0.5) is 0 Å². The monoisotopic (exact) mass is 346 g/mol. The molecule has 2 nitrogen and oxygen atoms in total. The minimum atomic E-state index is 0.930. The van der Waals surface area contributed by atoms with Crippen molar-refractivity contribution in [3.63, 3.8) is 0 Å². The van der Waals surface area contributed by atoms with Crippen molar-refractivity contribution in [2.45, 2.75) is 6.92 Å². The van der Waals surface area contributed by atoms with Crippen LogP contribution in [0.2, 0.25) is 0 Å². The van der Waals surface area contributed by atoms with Crippen LogP contribution >= 0.6 is 0 Å². The van der Waals surface area contributed by atoms with E-state index in [1.807, 2.05) is 12.3 Å². The molecule has 2 heteroatoms. The van der Waals surface area contributed by atoms with Crippen LogP contribution in [-0.4, -0.2) is 9.97 Å². The second kappa shape index (κ2) is 6.33. The largest absolute Gasteiger partial charge is 0.254 e. The first kappa shape index (κ1) is 15.7. The number of pyridine rings is 2. The summed E-state index contributed by atoms with van der Waals surface area (Å²) in [5.41, 5.74) is 5.22. The summed E-state index contributed by atoms with van der Waals surface area (Å²) in [5, 5.41) is 4.60. The maximum absolute atomic E-state index is 5.09. The molecule has 0 aliphatic heterocycles. The smallest absolute Gasteiger partial charge is 0.0978 e. The average Bonchev–Trinajstić information content (AvgIpc) is 2.73. The zero-order valence-electron chi connectivity index (χ0n) is 15.1. The second-order valence-corrected chi connectivity index (χ2v) is 6.77. The van der Waals surface area contributed by atoms with Crippen LogP contribution in [0, 0.1) is 6.92 Å². The van der Waals surface area contributed by atoms with Crippen molar-refractivity contribution in [3.8, 4) is 22.6 Å². The van der Waals surface area contributed by atoms with Crippen molar-refractivity contribution in [2.24, 2.45) is 0 Å². The van der Waals surface area contributed by atoms with Crippen molar-refractivity contribution < 1.29 is 0 Å². The van der Waals surface area contributed by atoms with E-state index in [0.29, 0.717) is 0 Å². The summed E-state index contributed by atoms with van der Waals surface area (Å²) in [6.45, 7) is 2.13. The Kier molecular flexibility index (Phi) is 3.68. The normalized spacial score (nSPS) is 11.1. The lowest BCUT2D eigenvalue weighted by atomic mass is 9.99. The van der Waals surface area contributed by atoms with E-state index in [1.165, 1.54) is 16.3 Å². The number of hydrogen-bond acceptors (Lipinski definition) is 2. The first-order valence-electron chi connectivity index (χ1n) is 9.11. The van der Waals surface area contributed by atoms with Gasteiger partial charge in [0.05, 0.1) is 17.1 Å². The van der Waals surface area contributed by atoms with Crippen molar-refractivity contribution in [1.82, 2.24) is 9.97 Å². The molecule has 5 aromatic rings. The van der Waals surface area contributed by atoms with E-state index in [2.05, 4.69) is 85.8 Å². The fourth-order valence-electron chi connectivity index (χ4n) is 3.69. The molecule has 0 saturated carbocycles. The van der Waals surface area contributed by atoms with Gasteiger partial charge in [0.15, 0.2) is 0 Å². The standard InChI is InChI=1S/C25H18N2/c1-17-8-2-5-11-20(17)23-16-19-10-4-7-13-22(19)25(27-23)24-21-12-6-3-9-18(21)14-15-26-24/h2-16H,1H3. The van der Waals surface area contributed by atoms with Crippen molar-refractivity contribution in [1.29, 1.82) is 0 Å². The second-order valence-electron chi connectivity index (χ2n) is 6.77. The molecule has 0 N–H and O–H groups in total. The molecule has 0 bridgehead atoms. The summed E-state index contributed by atoms with van der Waals surface area (Å²) >= 11 is 0. The van der Waals surface area contributed by atoms with E-state index in [-0.39, 0.29) is 0 Å². The zero-order chi connectivity index (χ0) is 18.2. The van der Waals surface area contributed by atoms with Gasteiger partial charge in [-0.25, -0.2) is 4.98 Å². The first-order valence-corrected chi connectivity index (χ1v) is 9.11. The van der Waals surface area contributed by atoms with Gasteiger partial charge in [-0.05, 0) is 35.4 Å². The van der Waals surface area contributed by atoms with Gasteiger partial charge >= 0.3 is 0 Å². The highest BCUT2D eigenvalue weighted by molar-refractivity contribution is 6.03. The highest BCUT2D eigenvalue weighted by Crippen LogP contribution is 2.34. The van der Waals surface area contributed by atoms with Gasteiger partial charge in [0, 0.05) is 22.5 Å². The Morgan fingerprint density at radius 2 is 1.30 bits per heavy atom. The van der Waals surface area contributed by atoms with E-state index < -0.39 is 0 Å². The molecule has 128 valence electrons. The molecule has 0 aliphatic carbocycles. The Bertz CT molecular complexity index is 1280. The molecule has 0 aliphatic rings. The molecule has 5 rings (SSSR count). The van der Waals surface area contributed by atoms with Crippen LogP contribution in [0.5, 0.6) is 0 Å². The molecular weight excluding hydrogens is 328 g/mol. The van der Waals surface area contributed by atoms with E-state index in [4.69, 9.17) is 9.97 Å². The van der Waals surface area contributed by atoms with Crippen LogP contribution in [0.25, 0.3) is 44.2 Å². The summed E-state index contributed by atoms with van der Waals surface area (Å²) in [6.07, 6.45) is 1.87. The number of aryl methyl sites for hydroxylation is 1. The maximum atomic E-state index is 5.09. The predicted molar refractivity (Wildman–Crippen MR) is 113 cm³/mol. The number of rotatable bonds is 2. The minimum absolute atomic E-state index is 0.930. The Morgan fingerprint density at radius 1 is 0.630 bits per heavy atom. The lowest BCUT2D eigenvalue weighted by Crippen LogP contribution is -1.95. The van der Waals surface area contributed by atoms with Crippen LogP contribution in [0.15, 0.2) is 91.1 Å². The van der Waals surface area contributed by atoms with Gasteiger partial charge in [-0.2, -0.15) is 0 Å². The third-order valence-electron chi connectivity index (χ3n) is 5.06. The number of benzene rings is 3. The Morgan fingerprint density at radius 3 is 2.11 bits per heavy atom. The summed E-state index contributed by atoms with van der Waals surface area (Å²) in [4.78, 5) is 9.81. The van der Waals surface area contributed by atoms with E-state index in [0.717, 1.165) is 33.4 Å². The first-order chi connectivity index (χ1) is 13.3. The summed E-state index contributed by atoms with van der Waals surface area (Å²) < 4.78 is 0. The molecule has 27 heavy (non-hydrogen) atoms. The third kappa shape index (κ3) is 2.67. The summed E-state index contributed by atoms with van der Waals surface area (Å²) in [5.74, 6) is 0. The molecule has 0 fully saturated rings. The number of hydrogen-bond donors (Lipinski definition) is 0. The molecular formula is C25H18N2. The number of aromatic nitrogens is 2. The van der Waals surface area contributed by atoms with E-state index >= 15 is 0 Å². The quantitative estimate of drug-likeness (QED) is 0.368. The highest BCUT2D eigenvalue weighted by Gasteiger charge is 2.14. The lowest BCUT2D eigenvalue weighted by Gasteiger charge is -2.12. The molecule has 2 aromatic heterocycles. The molecule has 3 aromatic carbocycles. The number of nitrogens with zero attached hydrogens (tertiary/aromatic N) is 2. The van der Waals surface area contributed by atoms with Crippen LogP contribution in [0.1, 0.15) is 5.56 Å². The molecule has 0 saturated heterocycles. The lowest BCUT2D eigenvalue weighted by molar-refractivity contribution is 1.28. The van der Waals surface area contributed by atoms with Gasteiger partial charge in [0.2, 0.25) is 0 Å². The zero-order valence-corrected chi connectivity index (χ0v) is 15.1. The predicted octanol–water partition coefficient (Wildman–Crippen LogP) is 6.43. The van der Waals surface area contributed by atoms with Gasteiger partial charge in [-0.1, -0.05) is 72.8 Å². The fourth-order valence-corrected chi connectivity index (χ4v) is 3.69. The third-order valence-corrected chi connectivity index (χ3v) is 5.06. The Hall–Kier alpha value is -3.52. The average molecular weight is 346 g/mol. The van der Waals surface area contributed by atoms with Gasteiger partial charge < -0.3 is 0 Å². The van der Waals surface area contributed by atoms with Crippen molar-refractivity contribution in [3.05, 3.63) is 96.7 Å². The van der Waals surface area contributed by atoms with Gasteiger partial charge in [-0.15, -0.1) is 0 Å². The summed E-state index contributed by atoms with van der Waals surface area (Å²) in [7, 11) is 0. The molecule has 0 spiro atoms. The maximum Gasteiger partial charge on any atom is 0.0978 e. The summed E-state index contributed by atoms with van der Waals surface area (Å²) in [6, 6.07) is 29.4. The Labute approximate surface area is 158 Å². The number of fused-ring (bicyclic) bond motifs is 2. The van der Waals surface area contributed by atoms with Gasteiger partial charge in [0.1, 0.15) is 0 Å².